The van der Waals surface area contributed by atoms with E-state index < -0.39 is 6.55 Å². The van der Waals surface area contributed by atoms with Gasteiger partial charge in [-0.05, 0) is 12.1 Å². The summed E-state index contributed by atoms with van der Waals surface area (Å²) in [5, 5.41) is 9.09. The molecule has 0 unspecified atom stereocenters. The number of halogens is 2. The Morgan fingerprint density at radius 3 is 2.63 bits per heavy atom. The number of para-hydroxylation sites is 1. The highest BCUT2D eigenvalue weighted by Crippen LogP contribution is 2.18. The Morgan fingerprint density at radius 2 is 2.00 bits per heavy atom. The van der Waals surface area contributed by atoms with Crippen molar-refractivity contribution >= 4 is 5.69 Å². The molecule has 4 nitrogen and oxygen atoms in total. The van der Waals surface area contributed by atoms with E-state index in [1.54, 1.807) is 4.90 Å². The van der Waals surface area contributed by atoms with Crippen LogP contribution in [0, 0.1) is 0 Å². The van der Waals surface area contributed by atoms with Crippen molar-refractivity contribution in [2.75, 3.05) is 18.1 Å². The van der Waals surface area contributed by atoms with Gasteiger partial charge in [0.15, 0.2) is 0 Å². The third-order valence-electron chi connectivity index (χ3n) is 2.78. The van der Waals surface area contributed by atoms with E-state index in [1.165, 1.54) is 12.4 Å². The van der Waals surface area contributed by atoms with Crippen LogP contribution in [0.3, 0.4) is 0 Å². The van der Waals surface area contributed by atoms with Crippen LogP contribution >= 0.6 is 0 Å². The summed E-state index contributed by atoms with van der Waals surface area (Å²) >= 11 is 0. The van der Waals surface area contributed by atoms with Crippen LogP contribution in [0.25, 0.3) is 0 Å². The third kappa shape index (κ3) is 3.29. The highest BCUT2D eigenvalue weighted by Gasteiger charge is 2.15. The van der Waals surface area contributed by atoms with Gasteiger partial charge in [0.25, 0.3) is 0 Å². The van der Waals surface area contributed by atoms with E-state index in [4.69, 9.17) is 5.11 Å². The highest BCUT2D eigenvalue weighted by molar-refractivity contribution is 5.46. The smallest absolute Gasteiger partial charge is 0.319 e. The Labute approximate surface area is 109 Å². The first-order chi connectivity index (χ1) is 9.22. The Hall–Kier alpha value is -1.95. The van der Waals surface area contributed by atoms with Gasteiger partial charge in [-0.15, -0.1) is 0 Å². The predicted molar refractivity (Wildman–Crippen MR) is 68.1 cm³/mol. The number of hydrogen-bond donors (Lipinski definition) is 1. The zero-order chi connectivity index (χ0) is 13.7. The minimum atomic E-state index is -2.61. The molecule has 1 aromatic heterocycles. The largest absolute Gasteiger partial charge is 0.395 e. The van der Waals surface area contributed by atoms with Crippen molar-refractivity contribution in [3.8, 4) is 0 Å². The van der Waals surface area contributed by atoms with Crippen LogP contribution in [-0.4, -0.2) is 27.8 Å². The molecule has 0 fully saturated rings. The lowest BCUT2D eigenvalue weighted by Crippen LogP contribution is -2.27. The number of nitrogens with zero attached hydrogens (tertiary/aromatic N) is 3. The molecular weight excluding hydrogens is 252 g/mol. The molecular formula is C13H15F2N3O. The molecule has 0 spiro atoms. The van der Waals surface area contributed by atoms with Gasteiger partial charge in [0.1, 0.15) is 5.82 Å². The summed E-state index contributed by atoms with van der Waals surface area (Å²) in [7, 11) is 0. The molecule has 2 aromatic rings. The van der Waals surface area contributed by atoms with Gasteiger partial charge < -0.3 is 10.0 Å². The van der Waals surface area contributed by atoms with E-state index in [1.807, 2.05) is 30.3 Å². The number of alkyl halides is 2. The van der Waals surface area contributed by atoms with Gasteiger partial charge in [0, 0.05) is 24.6 Å². The normalized spacial score (nSPS) is 10.9. The Balaban J connectivity index is 2.19. The zero-order valence-electron chi connectivity index (χ0n) is 10.3. The minimum absolute atomic E-state index is 0.0513. The first-order valence-electron chi connectivity index (χ1n) is 5.93. The fourth-order valence-electron chi connectivity index (χ4n) is 1.87. The topological polar surface area (TPSA) is 41.3 Å². The summed E-state index contributed by atoms with van der Waals surface area (Å²) in [6.07, 6.45) is 2.60. The van der Waals surface area contributed by atoms with Crippen LogP contribution in [0.5, 0.6) is 0 Å². The molecule has 0 saturated heterocycles. The summed E-state index contributed by atoms with van der Waals surface area (Å²) in [6.45, 7) is -2.07. The average Bonchev–Trinajstić information content (AvgIpc) is 2.88. The Morgan fingerprint density at radius 1 is 1.26 bits per heavy atom. The molecule has 19 heavy (non-hydrogen) atoms. The van der Waals surface area contributed by atoms with Crippen molar-refractivity contribution in [3.63, 3.8) is 0 Å². The van der Waals surface area contributed by atoms with E-state index in [0.29, 0.717) is 6.54 Å². The van der Waals surface area contributed by atoms with Crippen molar-refractivity contribution in [2.45, 2.75) is 13.1 Å². The molecule has 6 heteroatoms. The monoisotopic (exact) mass is 267 g/mol. The summed E-state index contributed by atoms with van der Waals surface area (Å²) in [5.74, 6) is 0.271. The van der Waals surface area contributed by atoms with Crippen molar-refractivity contribution in [1.82, 2.24) is 9.55 Å². The van der Waals surface area contributed by atoms with Crippen LogP contribution in [0.2, 0.25) is 0 Å². The lowest BCUT2D eigenvalue weighted by Gasteiger charge is -2.23. The second-order valence-corrected chi connectivity index (χ2v) is 4.01. The van der Waals surface area contributed by atoms with Crippen molar-refractivity contribution < 1.29 is 13.9 Å². The second kappa shape index (κ2) is 6.29. The second-order valence-electron chi connectivity index (χ2n) is 4.01. The molecule has 102 valence electrons. The van der Waals surface area contributed by atoms with Gasteiger partial charge in [-0.2, -0.15) is 8.78 Å². The maximum atomic E-state index is 12.8. The van der Waals surface area contributed by atoms with Gasteiger partial charge in [0.05, 0.1) is 13.2 Å². The van der Waals surface area contributed by atoms with Crippen molar-refractivity contribution in [3.05, 3.63) is 48.5 Å². The molecule has 0 aliphatic carbocycles. The molecule has 0 saturated carbocycles. The maximum absolute atomic E-state index is 12.8. The van der Waals surface area contributed by atoms with Crippen LogP contribution < -0.4 is 4.90 Å². The van der Waals surface area contributed by atoms with Crippen LogP contribution in [0.4, 0.5) is 14.5 Å². The van der Waals surface area contributed by atoms with Crippen molar-refractivity contribution in [2.24, 2.45) is 0 Å². The van der Waals surface area contributed by atoms with Gasteiger partial charge in [-0.3, -0.25) is 4.57 Å². The summed E-state index contributed by atoms with van der Waals surface area (Å²) in [4.78, 5) is 5.75. The van der Waals surface area contributed by atoms with Gasteiger partial charge in [-0.25, -0.2) is 4.98 Å². The summed E-state index contributed by atoms with van der Waals surface area (Å²) in [6, 6.07) is 9.33. The predicted octanol–water partition coefficient (Wildman–Crippen LogP) is 2.28. The number of imidazole rings is 1. The molecule has 1 heterocycles. The number of aliphatic hydroxyl groups is 1. The summed E-state index contributed by atoms with van der Waals surface area (Å²) < 4.78 is 26.3. The van der Waals surface area contributed by atoms with E-state index in [2.05, 4.69) is 4.98 Å². The Bertz CT molecular complexity index is 502. The quantitative estimate of drug-likeness (QED) is 0.873. The highest BCUT2D eigenvalue weighted by atomic mass is 19.3. The molecule has 0 radical (unpaired) electrons. The summed E-state index contributed by atoms with van der Waals surface area (Å²) in [5.41, 5.74) is 0.861. The maximum Gasteiger partial charge on any atom is 0.319 e. The fraction of sp³-hybridized carbons (Fsp3) is 0.308. The van der Waals surface area contributed by atoms with E-state index >= 15 is 0 Å². The molecule has 0 amide bonds. The lowest BCUT2D eigenvalue weighted by molar-refractivity contribution is 0.0669. The number of benzene rings is 1. The van der Waals surface area contributed by atoms with Crippen molar-refractivity contribution in [1.29, 1.82) is 0 Å². The van der Waals surface area contributed by atoms with E-state index in [-0.39, 0.29) is 19.0 Å². The van der Waals surface area contributed by atoms with Gasteiger partial charge >= 0.3 is 6.55 Å². The molecule has 0 aliphatic heterocycles. The number of aliphatic hydroxyl groups excluding tert-OH is 1. The minimum Gasteiger partial charge on any atom is -0.395 e. The van der Waals surface area contributed by atoms with Gasteiger partial charge in [0.2, 0.25) is 0 Å². The van der Waals surface area contributed by atoms with Crippen LogP contribution in [0.1, 0.15) is 12.4 Å². The number of rotatable bonds is 6. The number of anilines is 1. The molecule has 2 rings (SSSR count). The lowest BCUT2D eigenvalue weighted by atomic mass is 10.3. The zero-order valence-corrected chi connectivity index (χ0v) is 10.3. The molecule has 1 aromatic carbocycles. The molecule has 0 atom stereocenters. The first-order valence-corrected chi connectivity index (χ1v) is 5.93. The number of aromatic nitrogens is 2. The molecule has 1 N–H and O–H groups in total. The molecule has 0 aliphatic rings. The number of hydrogen-bond acceptors (Lipinski definition) is 3. The van der Waals surface area contributed by atoms with E-state index in [9.17, 15) is 8.78 Å². The van der Waals surface area contributed by atoms with Crippen LogP contribution in [-0.2, 0) is 6.54 Å². The van der Waals surface area contributed by atoms with Crippen LogP contribution in [0.15, 0.2) is 42.7 Å². The molecule has 0 bridgehead atoms. The third-order valence-corrected chi connectivity index (χ3v) is 2.78. The Kier molecular flexibility index (Phi) is 4.46. The van der Waals surface area contributed by atoms with E-state index in [0.717, 1.165) is 10.3 Å². The fourth-order valence-corrected chi connectivity index (χ4v) is 1.87. The van der Waals surface area contributed by atoms with Gasteiger partial charge in [-0.1, -0.05) is 18.2 Å². The SMILES string of the molecule is OCCN(Cc1nccn1C(F)F)c1ccccc1. The standard InChI is InChI=1S/C13H15F2N3O/c14-13(15)18-7-6-16-12(18)10-17(8-9-19)11-4-2-1-3-5-11/h1-7,13,19H,8-10H2. The average molecular weight is 267 g/mol. The first kappa shape index (κ1) is 13.5.